The Morgan fingerprint density at radius 3 is 2.45 bits per heavy atom. The van der Waals surface area contributed by atoms with Crippen LogP contribution in [-0.2, 0) is 20.8 Å². The molecule has 2 atom stereocenters. The van der Waals surface area contributed by atoms with Crippen molar-refractivity contribution < 1.29 is 14.4 Å². The molecular weight excluding hydrogens is 366 g/mol. The number of benzene rings is 2. The lowest BCUT2D eigenvalue weighted by molar-refractivity contribution is -0.135. The van der Waals surface area contributed by atoms with Gasteiger partial charge >= 0.3 is 0 Å². The molecule has 1 aliphatic heterocycles. The lowest BCUT2D eigenvalue weighted by Gasteiger charge is -2.21. The molecule has 0 fully saturated rings. The molecular formula is C23H27N3O3. The number of carbonyl (C=O) groups excluding carboxylic acids is 2. The van der Waals surface area contributed by atoms with Gasteiger partial charge in [0.05, 0.1) is 5.71 Å². The fourth-order valence-electron chi connectivity index (χ4n) is 3.28. The Labute approximate surface area is 171 Å². The summed E-state index contributed by atoms with van der Waals surface area (Å²) in [6, 6.07) is 16.8. The van der Waals surface area contributed by atoms with Crippen LogP contribution < -0.4 is 10.6 Å². The number of nitrogens with one attached hydrogen (secondary N) is 2. The molecule has 6 nitrogen and oxygen atoms in total. The van der Waals surface area contributed by atoms with Crippen molar-refractivity contribution in [2.24, 2.45) is 5.16 Å². The van der Waals surface area contributed by atoms with Crippen molar-refractivity contribution in [3.8, 4) is 0 Å². The van der Waals surface area contributed by atoms with E-state index in [1.165, 1.54) is 0 Å². The summed E-state index contributed by atoms with van der Waals surface area (Å²) in [4.78, 5) is 30.8. The summed E-state index contributed by atoms with van der Waals surface area (Å²) in [6.07, 6.45) is 0.0407. The van der Waals surface area contributed by atoms with Crippen LogP contribution in [0.15, 0.2) is 59.8 Å². The van der Waals surface area contributed by atoms with Crippen LogP contribution in [0.25, 0.3) is 0 Å². The molecule has 3 rings (SSSR count). The Morgan fingerprint density at radius 1 is 1.07 bits per heavy atom. The number of rotatable bonds is 7. The van der Waals surface area contributed by atoms with Gasteiger partial charge in [0.2, 0.25) is 12.0 Å². The molecule has 0 saturated carbocycles. The van der Waals surface area contributed by atoms with Crippen LogP contribution in [0.4, 0.5) is 0 Å². The van der Waals surface area contributed by atoms with E-state index in [1.54, 1.807) is 0 Å². The van der Waals surface area contributed by atoms with Gasteiger partial charge in [0.1, 0.15) is 6.04 Å². The van der Waals surface area contributed by atoms with E-state index in [0.29, 0.717) is 12.8 Å². The standard InChI is InChI=1S/C23H27N3O3/c1-15(2)24-22(27)20(13-17-10-5-4-6-11-17)25-23(28)21-14-19(26-29-21)18-12-8-7-9-16(18)3/h4-12,15,20-21H,13-14H2,1-3H3,(H,24,27)(H,25,28)/t20-,21+/m1/s1. The second-order valence-electron chi connectivity index (χ2n) is 7.57. The Morgan fingerprint density at radius 2 is 1.76 bits per heavy atom. The Bertz CT molecular complexity index is 893. The number of carbonyl (C=O) groups is 2. The van der Waals surface area contributed by atoms with Gasteiger partial charge in [-0.25, -0.2) is 0 Å². The molecule has 0 unspecified atom stereocenters. The number of nitrogens with zero attached hydrogens (tertiary/aromatic N) is 1. The van der Waals surface area contributed by atoms with Crippen LogP contribution in [0, 0.1) is 6.92 Å². The van der Waals surface area contributed by atoms with Crippen molar-refractivity contribution in [1.29, 1.82) is 0 Å². The van der Waals surface area contributed by atoms with Gasteiger partial charge in [-0.3, -0.25) is 9.59 Å². The molecule has 0 radical (unpaired) electrons. The number of aryl methyl sites for hydroxylation is 1. The van der Waals surface area contributed by atoms with Crippen LogP contribution >= 0.6 is 0 Å². The Balaban J connectivity index is 1.67. The monoisotopic (exact) mass is 393 g/mol. The van der Waals surface area contributed by atoms with Gasteiger partial charge in [0.25, 0.3) is 5.91 Å². The molecule has 152 valence electrons. The average Bonchev–Trinajstić information content (AvgIpc) is 3.18. The molecule has 2 N–H and O–H groups in total. The number of hydrogen-bond donors (Lipinski definition) is 2. The third-order valence-corrected chi connectivity index (χ3v) is 4.76. The van der Waals surface area contributed by atoms with E-state index in [1.807, 2.05) is 75.4 Å². The Hall–Kier alpha value is -3.15. The number of hydrogen-bond acceptors (Lipinski definition) is 4. The van der Waals surface area contributed by atoms with Crippen LogP contribution in [0.1, 0.15) is 37.0 Å². The van der Waals surface area contributed by atoms with E-state index in [2.05, 4.69) is 15.8 Å². The zero-order valence-electron chi connectivity index (χ0n) is 17.0. The lowest BCUT2D eigenvalue weighted by Crippen LogP contribution is -2.52. The molecule has 0 aromatic heterocycles. The summed E-state index contributed by atoms with van der Waals surface area (Å²) in [5, 5.41) is 9.84. The summed E-state index contributed by atoms with van der Waals surface area (Å²) < 4.78 is 0. The zero-order valence-corrected chi connectivity index (χ0v) is 17.0. The maximum atomic E-state index is 12.8. The van der Waals surface area contributed by atoms with Crippen LogP contribution in [0.3, 0.4) is 0 Å². The van der Waals surface area contributed by atoms with Crippen LogP contribution in [0.2, 0.25) is 0 Å². The quantitative estimate of drug-likeness (QED) is 0.759. The molecule has 2 amide bonds. The first kappa shape index (κ1) is 20.6. The predicted molar refractivity (Wildman–Crippen MR) is 113 cm³/mol. The van der Waals surface area contributed by atoms with E-state index >= 15 is 0 Å². The SMILES string of the molecule is Cc1ccccc1C1=NO[C@H](C(=O)N[C@H](Cc2ccccc2)C(=O)NC(C)C)C1. The highest BCUT2D eigenvalue weighted by Crippen LogP contribution is 2.19. The second kappa shape index (κ2) is 9.37. The molecule has 6 heteroatoms. The van der Waals surface area contributed by atoms with Gasteiger partial charge in [-0.05, 0) is 31.9 Å². The van der Waals surface area contributed by atoms with Crippen molar-refractivity contribution in [2.75, 3.05) is 0 Å². The topological polar surface area (TPSA) is 79.8 Å². The van der Waals surface area contributed by atoms with Crippen molar-refractivity contribution >= 4 is 17.5 Å². The van der Waals surface area contributed by atoms with Crippen molar-refractivity contribution in [3.63, 3.8) is 0 Å². The molecule has 0 spiro atoms. The maximum Gasteiger partial charge on any atom is 0.265 e. The summed E-state index contributed by atoms with van der Waals surface area (Å²) in [7, 11) is 0. The highest BCUT2D eigenvalue weighted by atomic mass is 16.6. The van der Waals surface area contributed by atoms with Crippen molar-refractivity contribution in [2.45, 2.75) is 51.8 Å². The third-order valence-electron chi connectivity index (χ3n) is 4.76. The second-order valence-corrected chi connectivity index (χ2v) is 7.57. The first-order valence-corrected chi connectivity index (χ1v) is 9.87. The smallest absolute Gasteiger partial charge is 0.265 e. The first-order valence-electron chi connectivity index (χ1n) is 9.87. The minimum atomic E-state index is -0.741. The molecule has 2 aromatic rings. The predicted octanol–water partition coefficient (Wildman–Crippen LogP) is 2.74. The maximum absolute atomic E-state index is 12.8. The number of oxime groups is 1. The van der Waals surface area contributed by atoms with Crippen molar-refractivity contribution in [1.82, 2.24) is 10.6 Å². The fraction of sp³-hybridized carbons (Fsp3) is 0.348. The molecule has 2 aromatic carbocycles. The van der Waals surface area contributed by atoms with E-state index in [9.17, 15) is 9.59 Å². The summed E-state index contributed by atoms with van der Waals surface area (Å²) in [5.74, 6) is -0.549. The fourth-order valence-corrected chi connectivity index (χ4v) is 3.28. The third kappa shape index (κ3) is 5.44. The van der Waals surface area contributed by atoms with Gasteiger partial charge < -0.3 is 15.5 Å². The molecule has 0 bridgehead atoms. The minimum absolute atomic E-state index is 0.0172. The van der Waals surface area contributed by atoms with Crippen LogP contribution in [-0.4, -0.2) is 35.7 Å². The molecule has 0 aliphatic carbocycles. The average molecular weight is 393 g/mol. The van der Waals surface area contributed by atoms with Gasteiger partial charge in [-0.1, -0.05) is 59.8 Å². The number of amides is 2. The van der Waals surface area contributed by atoms with Crippen molar-refractivity contribution in [3.05, 3.63) is 71.3 Å². The summed E-state index contributed by atoms with van der Waals surface area (Å²) in [6.45, 7) is 5.78. The van der Waals surface area contributed by atoms with E-state index < -0.39 is 12.1 Å². The summed E-state index contributed by atoms with van der Waals surface area (Å²) in [5.41, 5.74) is 3.77. The highest BCUT2D eigenvalue weighted by Gasteiger charge is 2.32. The van der Waals surface area contributed by atoms with E-state index in [-0.39, 0.29) is 17.9 Å². The summed E-state index contributed by atoms with van der Waals surface area (Å²) >= 11 is 0. The normalized spacial score (nSPS) is 16.7. The zero-order chi connectivity index (χ0) is 20.8. The lowest BCUT2D eigenvalue weighted by atomic mass is 9.99. The van der Waals surface area contributed by atoms with E-state index in [0.717, 1.165) is 22.4 Å². The minimum Gasteiger partial charge on any atom is -0.382 e. The molecule has 29 heavy (non-hydrogen) atoms. The van der Waals surface area contributed by atoms with Gasteiger partial charge in [-0.2, -0.15) is 0 Å². The molecule has 1 aliphatic rings. The Kier molecular flexibility index (Phi) is 6.65. The molecule has 0 saturated heterocycles. The van der Waals surface area contributed by atoms with Gasteiger partial charge in [0.15, 0.2) is 0 Å². The van der Waals surface area contributed by atoms with Gasteiger partial charge in [-0.15, -0.1) is 0 Å². The highest BCUT2D eigenvalue weighted by molar-refractivity contribution is 6.05. The molecule has 1 heterocycles. The van der Waals surface area contributed by atoms with Crippen LogP contribution in [0.5, 0.6) is 0 Å². The van der Waals surface area contributed by atoms with E-state index in [4.69, 9.17) is 4.84 Å². The largest absolute Gasteiger partial charge is 0.382 e. The first-order chi connectivity index (χ1) is 13.9. The van der Waals surface area contributed by atoms with Gasteiger partial charge in [0, 0.05) is 24.4 Å².